The third-order valence-electron chi connectivity index (χ3n) is 2.15. The number of anilines is 1. The lowest BCUT2D eigenvalue weighted by atomic mass is 10.3. The lowest BCUT2D eigenvalue weighted by Crippen LogP contribution is -2.03. The molecule has 2 rings (SSSR count). The maximum Gasteiger partial charge on any atom is 0.371 e. The van der Waals surface area contributed by atoms with Crippen LogP contribution in [0.15, 0.2) is 34.1 Å². The molecule has 1 unspecified atom stereocenters. The molecule has 0 aromatic carbocycles. The predicted molar refractivity (Wildman–Crippen MR) is 62.0 cm³/mol. The first-order valence-electron chi connectivity index (χ1n) is 4.80. The molecule has 84 valence electrons. The van der Waals surface area contributed by atoms with Crippen LogP contribution in [-0.4, -0.2) is 11.1 Å². The summed E-state index contributed by atoms with van der Waals surface area (Å²) in [5, 5.41) is 13.8. The predicted octanol–water partition coefficient (Wildman–Crippen LogP) is 3.21. The molecule has 2 N–H and O–H groups in total. The lowest BCUT2D eigenvalue weighted by Gasteiger charge is -2.10. The van der Waals surface area contributed by atoms with E-state index in [9.17, 15) is 4.79 Å². The molecule has 0 amide bonds. The molecule has 0 saturated carbocycles. The fraction of sp³-hybridized carbons (Fsp3) is 0.182. The van der Waals surface area contributed by atoms with Crippen LogP contribution in [0.2, 0.25) is 0 Å². The summed E-state index contributed by atoms with van der Waals surface area (Å²) in [7, 11) is 0. The van der Waals surface area contributed by atoms with Crippen molar-refractivity contribution < 1.29 is 14.3 Å². The SMILES string of the molecule is CC(Nc1ccc(C(=O)O)o1)c1cccs1. The second-order valence-corrected chi connectivity index (χ2v) is 4.33. The molecule has 0 aliphatic heterocycles. The Labute approximate surface area is 96.5 Å². The zero-order valence-electron chi connectivity index (χ0n) is 8.64. The average molecular weight is 237 g/mol. The van der Waals surface area contributed by atoms with Gasteiger partial charge in [-0.05, 0) is 24.4 Å². The van der Waals surface area contributed by atoms with Gasteiger partial charge in [0.2, 0.25) is 5.76 Å². The lowest BCUT2D eigenvalue weighted by molar-refractivity contribution is 0.0663. The van der Waals surface area contributed by atoms with Crippen molar-refractivity contribution in [3.05, 3.63) is 40.3 Å². The zero-order valence-corrected chi connectivity index (χ0v) is 9.45. The number of carboxylic acids is 1. The molecule has 1 atom stereocenters. The first-order chi connectivity index (χ1) is 7.66. The van der Waals surface area contributed by atoms with E-state index in [4.69, 9.17) is 9.52 Å². The maximum atomic E-state index is 10.6. The van der Waals surface area contributed by atoms with Crippen molar-refractivity contribution in [2.75, 3.05) is 5.32 Å². The standard InChI is InChI=1S/C11H11NO3S/c1-7(9-3-2-6-16-9)12-10-5-4-8(15-10)11(13)14/h2-7,12H,1H3,(H,13,14). The van der Waals surface area contributed by atoms with Crippen LogP contribution >= 0.6 is 11.3 Å². The summed E-state index contributed by atoms with van der Waals surface area (Å²) in [6, 6.07) is 7.15. The van der Waals surface area contributed by atoms with Gasteiger partial charge in [0.05, 0.1) is 6.04 Å². The topological polar surface area (TPSA) is 62.5 Å². The Morgan fingerprint density at radius 2 is 2.31 bits per heavy atom. The van der Waals surface area contributed by atoms with E-state index in [-0.39, 0.29) is 11.8 Å². The number of rotatable bonds is 4. The summed E-state index contributed by atoms with van der Waals surface area (Å²) in [6.07, 6.45) is 0. The van der Waals surface area contributed by atoms with E-state index in [1.807, 2.05) is 24.4 Å². The van der Waals surface area contributed by atoms with Crippen LogP contribution in [0.1, 0.15) is 28.4 Å². The van der Waals surface area contributed by atoms with E-state index >= 15 is 0 Å². The number of nitrogens with one attached hydrogen (secondary N) is 1. The van der Waals surface area contributed by atoms with Crippen molar-refractivity contribution >= 4 is 23.2 Å². The Morgan fingerprint density at radius 3 is 2.88 bits per heavy atom. The Morgan fingerprint density at radius 1 is 1.50 bits per heavy atom. The summed E-state index contributed by atoms with van der Waals surface area (Å²) in [4.78, 5) is 11.8. The molecule has 0 radical (unpaired) electrons. The average Bonchev–Trinajstić information content (AvgIpc) is 2.87. The number of carbonyl (C=O) groups is 1. The third-order valence-corrected chi connectivity index (χ3v) is 3.20. The highest BCUT2D eigenvalue weighted by atomic mass is 32.1. The number of carboxylic acid groups (broad SMARTS) is 1. The van der Waals surface area contributed by atoms with Crippen LogP contribution in [0.25, 0.3) is 0 Å². The first-order valence-corrected chi connectivity index (χ1v) is 5.68. The smallest absolute Gasteiger partial charge is 0.371 e. The van der Waals surface area contributed by atoms with Crippen molar-refractivity contribution in [1.29, 1.82) is 0 Å². The molecule has 16 heavy (non-hydrogen) atoms. The fourth-order valence-electron chi connectivity index (χ4n) is 1.35. The van der Waals surface area contributed by atoms with Gasteiger partial charge in [0.15, 0.2) is 5.88 Å². The molecule has 4 nitrogen and oxygen atoms in total. The van der Waals surface area contributed by atoms with E-state index in [0.717, 1.165) is 0 Å². The van der Waals surface area contributed by atoms with E-state index in [1.54, 1.807) is 17.4 Å². The van der Waals surface area contributed by atoms with Crippen molar-refractivity contribution in [3.63, 3.8) is 0 Å². The van der Waals surface area contributed by atoms with Crippen molar-refractivity contribution in [2.24, 2.45) is 0 Å². The maximum absolute atomic E-state index is 10.6. The minimum Gasteiger partial charge on any atom is -0.475 e. The number of furan rings is 1. The van der Waals surface area contributed by atoms with Crippen LogP contribution in [0.5, 0.6) is 0 Å². The molecular weight excluding hydrogens is 226 g/mol. The summed E-state index contributed by atoms with van der Waals surface area (Å²) >= 11 is 1.64. The Balaban J connectivity index is 2.06. The number of hydrogen-bond donors (Lipinski definition) is 2. The largest absolute Gasteiger partial charge is 0.475 e. The van der Waals surface area contributed by atoms with Gasteiger partial charge in [-0.25, -0.2) is 4.79 Å². The molecule has 0 aliphatic carbocycles. The summed E-state index contributed by atoms with van der Waals surface area (Å²) in [5.74, 6) is -0.643. The molecule has 2 aromatic heterocycles. The van der Waals surface area contributed by atoms with Crippen molar-refractivity contribution in [1.82, 2.24) is 0 Å². The Kier molecular flexibility index (Phi) is 2.96. The zero-order chi connectivity index (χ0) is 11.5. The number of aromatic carboxylic acids is 1. The number of hydrogen-bond acceptors (Lipinski definition) is 4. The normalized spacial score (nSPS) is 12.3. The molecular formula is C11H11NO3S. The van der Waals surface area contributed by atoms with E-state index in [0.29, 0.717) is 5.88 Å². The highest BCUT2D eigenvalue weighted by Gasteiger charge is 2.11. The van der Waals surface area contributed by atoms with Crippen LogP contribution < -0.4 is 5.32 Å². The van der Waals surface area contributed by atoms with Gasteiger partial charge >= 0.3 is 5.97 Å². The van der Waals surface area contributed by atoms with E-state index in [1.165, 1.54) is 10.9 Å². The number of thiophene rings is 1. The molecule has 0 fully saturated rings. The molecule has 0 aliphatic rings. The molecule has 0 saturated heterocycles. The fourth-order valence-corrected chi connectivity index (χ4v) is 2.09. The van der Waals surface area contributed by atoms with Crippen LogP contribution in [-0.2, 0) is 0 Å². The van der Waals surface area contributed by atoms with Crippen molar-refractivity contribution in [2.45, 2.75) is 13.0 Å². The van der Waals surface area contributed by atoms with Gasteiger partial charge in [-0.1, -0.05) is 6.07 Å². The highest BCUT2D eigenvalue weighted by molar-refractivity contribution is 7.10. The van der Waals surface area contributed by atoms with Gasteiger partial charge in [0.1, 0.15) is 0 Å². The molecule has 5 heteroatoms. The van der Waals surface area contributed by atoms with E-state index in [2.05, 4.69) is 5.32 Å². The quantitative estimate of drug-likeness (QED) is 0.857. The van der Waals surface area contributed by atoms with Gasteiger partial charge < -0.3 is 14.8 Å². The third kappa shape index (κ3) is 2.25. The Hall–Kier alpha value is -1.75. The molecule has 0 spiro atoms. The van der Waals surface area contributed by atoms with Gasteiger partial charge in [0, 0.05) is 10.9 Å². The monoisotopic (exact) mass is 237 g/mol. The molecule has 2 aromatic rings. The second kappa shape index (κ2) is 4.40. The molecule has 2 heterocycles. The van der Waals surface area contributed by atoms with Crippen LogP contribution in [0, 0.1) is 0 Å². The summed E-state index contributed by atoms with van der Waals surface area (Å²) in [6.45, 7) is 1.99. The Bertz CT molecular complexity index is 475. The molecule has 0 bridgehead atoms. The summed E-state index contributed by atoms with van der Waals surface area (Å²) in [5.41, 5.74) is 0. The minimum atomic E-state index is -1.06. The second-order valence-electron chi connectivity index (χ2n) is 3.35. The van der Waals surface area contributed by atoms with Crippen LogP contribution in [0.3, 0.4) is 0 Å². The highest BCUT2D eigenvalue weighted by Crippen LogP contribution is 2.24. The van der Waals surface area contributed by atoms with Crippen molar-refractivity contribution in [3.8, 4) is 0 Å². The van der Waals surface area contributed by atoms with Crippen LogP contribution in [0.4, 0.5) is 5.88 Å². The van der Waals surface area contributed by atoms with Gasteiger partial charge in [-0.2, -0.15) is 0 Å². The van der Waals surface area contributed by atoms with Gasteiger partial charge in [0.25, 0.3) is 0 Å². The van der Waals surface area contributed by atoms with E-state index < -0.39 is 5.97 Å². The van der Waals surface area contributed by atoms with Gasteiger partial charge in [-0.15, -0.1) is 11.3 Å². The van der Waals surface area contributed by atoms with Gasteiger partial charge in [-0.3, -0.25) is 0 Å². The first kappa shape index (κ1) is 10.8. The minimum absolute atomic E-state index is 0.0547. The summed E-state index contributed by atoms with van der Waals surface area (Å²) < 4.78 is 5.11.